The van der Waals surface area contributed by atoms with Gasteiger partial charge >= 0.3 is 0 Å². The predicted octanol–water partition coefficient (Wildman–Crippen LogP) is -0.146. The summed E-state index contributed by atoms with van der Waals surface area (Å²) in [5, 5.41) is 23.0. The molecule has 22 heavy (non-hydrogen) atoms. The number of piperazine rings is 1. The van der Waals surface area contributed by atoms with E-state index in [0.717, 1.165) is 49.6 Å². The van der Waals surface area contributed by atoms with Gasteiger partial charge < -0.3 is 10.0 Å². The van der Waals surface area contributed by atoms with E-state index in [4.69, 9.17) is 10.4 Å². The molecule has 0 unspecified atom stereocenters. The van der Waals surface area contributed by atoms with Crippen LogP contribution in [0.5, 0.6) is 0 Å². The molecule has 0 bridgehead atoms. The second-order valence-corrected chi connectivity index (χ2v) is 5.26. The number of aryl methyl sites for hydroxylation is 1. The Morgan fingerprint density at radius 1 is 1.18 bits per heavy atom. The molecule has 0 aliphatic carbocycles. The monoisotopic (exact) mass is 301 g/mol. The van der Waals surface area contributed by atoms with E-state index in [0.29, 0.717) is 13.0 Å². The third kappa shape index (κ3) is 2.86. The van der Waals surface area contributed by atoms with Crippen molar-refractivity contribution in [3.8, 4) is 6.07 Å². The van der Waals surface area contributed by atoms with E-state index in [2.05, 4.69) is 30.9 Å². The SMILES string of the molecule is N#CCCn1ncc2c(N3CCN(CCO)CC3)ncnc21. The maximum absolute atomic E-state index is 9.01. The minimum atomic E-state index is 0.198. The fraction of sp³-hybridized carbons (Fsp3) is 0.571. The maximum Gasteiger partial charge on any atom is 0.163 e. The number of hydrogen-bond acceptors (Lipinski definition) is 7. The third-order valence-electron chi connectivity index (χ3n) is 3.94. The zero-order valence-electron chi connectivity index (χ0n) is 12.4. The van der Waals surface area contributed by atoms with Crippen molar-refractivity contribution in [3.63, 3.8) is 0 Å². The van der Waals surface area contributed by atoms with Crippen LogP contribution in [0.2, 0.25) is 0 Å². The van der Waals surface area contributed by atoms with Crippen LogP contribution < -0.4 is 4.90 Å². The van der Waals surface area contributed by atoms with Gasteiger partial charge in [-0.3, -0.25) is 4.90 Å². The molecule has 0 atom stereocenters. The summed E-state index contributed by atoms with van der Waals surface area (Å²) in [7, 11) is 0. The van der Waals surface area contributed by atoms with Gasteiger partial charge in [0.2, 0.25) is 0 Å². The molecular formula is C14H19N7O. The molecule has 0 spiro atoms. The molecular weight excluding hydrogens is 282 g/mol. The lowest BCUT2D eigenvalue weighted by molar-refractivity contribution is 0.188. The summed E-state index contributed by atoms with van der Waals surface area (Å²) >= 11 is 0. The van der Waals surface area contributed by atoms with Gasteiger partial charge in [0.05, 0.1) is 37.2 Å². The molecule has 3 rings (SSSR count). The number of anilines is 1. The first kappa shape index (κ1) is 14.7. The van der Waals surface area contributed by atoms with E-state index in [1.807, 2.05) is 0 Å². The number of β-amino-alcohol motifs (C(OH)–C–C–N with tert-alkyl or cyclic N) is 1. The van der Waals surface area contributed by atoms with Crippen LogP contribution >= 0.6 is 0 Å². The van der Waals surface area contributed by atoms with Crippen molar-refractivity contribution < 1.29 is 5.11 Å². The van der Waals surface area contributed by atoms with Gasteiger partial charge in [-0.2, -0.15) is 10.4 Å². The molecule has 1 aliphatic heterocycles. The lowest BCUT2D eigenvalue weighted by Crippen LogP contribution is -2.47. The average Bonchev–Trinajstić information content (AvgIpc) is 2.97. The van der Waals surface area contributed by atoms with Gasteiger partial charge in [-0.25, -0.2) is 14.6 Å². The van der Waals surface area contributed by atoms with Crippen LogP contribution in [0.3, 0.4) is 0 Å². The summed E-state index contributed by atoms with van der Waals surface area (Å²) < 4.78 is 1.76. The molecule has 1 saturated heterocycles. The Bertz CT molecular complexity index is 669. The Hall–Kier alpha value is -2.24. The molecule has 2 aromatic rings. The molecule has 8 nitrogen and oxygen atoms in total. The highest BCUT2D eigenvalue weighted by atomic mass is 16.3. The fourth-order valence-corrected chi connectivity index (χ4v) is 2.78. The van der Waals surface area contributed by atoms with Gasteiger partial charge in [0, 0.05) is 32.7 Å². The van der Waals surface area contributed by atoms with Crippen LogP contribution in [0.1, 0.15) is 6.42 Å². The largest absolute Gasteiger partial charge is 0.395 e. The van der Waals surface area contributed by atoms with E-state index in [1.165, 1.54) is 0 Å². The van der Waals surface area contributed by atoms with E-state index < -0.39 is 0 Å². The van der Waals surface area contributed by atoms with Crippen molar-refractivity contribution in [2.45, 2.75) is 13.0 Å². The smallest absolute Gasteiger partial charge is 0.163 e. The lowest BCUT2D eigenvalue weighted by Gasteiger charge is -2.35. The number of aliphatic hydroxyl groups excluding tert-OH is 1. The van der Waals surface area contributed by atoms with Crippen molar-refractivity contribution in [2.75, 3.05) is 44.2 Å². The summed E-state index contributed by atoms with van der Waals surface area (Å²) in [4.78, 5) is 13.2. The topological polar surface area (TPSA) is 94.1 Å². The van der Waals surface area contributed by atoms with Gasteiger partial charge in [0.15, 0.2) is 5.65 Å². The maximum atomic E-state index is 9.01. The highest BCUT2D eigenvalue weighted by Crippen LogP contribution is 2.23. The van der Waals surface area contributed by atoms with Crippen LogP contribution in [0, 0.1) is 11.3 Å². The summed E-state index contributed by atoms with van der Waals surface area (Å²) in [6, 6.07) is 2.12. The zero-order chi connectivity index (χ0) is 15.4. The third-order valence-corrected chi connectivity index (χ3v) is 3.94. The number of rotatable bonds is 5. The van der Waals surface area contributed by atoms with Crippen LogP contribution in [0.15, 0.2) is 12.5 Å². The van der Waals surface area contributed by atoms with Gasteiger partial charge in [-0.05, 0) is 0 Å². The molecule has 0 amide bonds. The number of aromatic nitrogens is 4. The number of nitriles is 1. The lowest BCUT2D eigenvalue weighted by atomic mass is 10.3. The van der Waals surface area contributed by atoms with Crippen molar-refractivity contribution in [2.24, 2.45) is 0 Å². The highest BCUT2D eigenvalue weighted by molar-refractivity contribution is 5.86. The van der Waals surface area contributed by atoms with Gasteiger partial charge in [0.25, 0.3) is 0 Å². The number of nitrogens with zero attached hydrogens (tertiary/aromatic N) is 7. The minimum Gasteiger partial charge on any atom is -0.395 e. The first-order chi connectivity index (χ1) is 10.8. The van der Waals surface area contributed by atoms with Crippen LogP contribution in [-0.4, -0.2) is 69.1 Å². The Morgan fingerprint density at radius 2 is 2.00 bits per heavy atom. The first-order valence-corrected chi connectivity index (χ1v) is 7.45. The normalized spacial score (nSPS) is 16.1. The van der Waals surface area contributed by atoms with Crippen molar-refractivity contribution in [1.29, 1.82) is 5.26 Å². The Morgan fingerprint density at radius 3 is 2.73 bits per heavy atom. The fourth-order valence-electron chi connectivity index (χ4n) is 2.78. The molecule has 0 radical (unpaired) electrons. The van der Waals surface area contributed by atoms with E-state index >= 15 is 0 Å². The van der Waals surface area contributed by atoms with Crippen LogP contribution in [0.25, 0.3) is 11.0 Å². The summed E-state index contributed by atoms with van der Waals surface area (Å²) in [5.74, 6) is 0.900. The Kier molecular flexibility index (Phi) is 4.46. The van der Waals surface area contributed by atoms with Crippen LogP contribution in [0.4, 0.5) is 5.82 Å². The zero-order valence-corrected chi connectivity index (χ0v) is 12.4. The highest BCUT2D eigenvalue weighted by Gasteiger charge is 2.20. The van der Waals surface area contributed by atoms with Crippen molar-refractivity contribution in [3.05, 3.63) is 12.5 Å². The summed E-state index contributed by atoms with van der Waals surface area (Å²) in [6.45, 7) is 5.03. The Labute approximate surface area is 128 Å². The molecule has 0 aromatic carbocycles. The van der Waals surface area contributed by atoms with Gasteiger partial charge in [-0.1, -0.05) is 0 Å². The minimum absolute atomic E-state index is 0.198. The van der Waals surface area contributed by atoms with E-state index in [9.17, 15) is 0 Å². The predicted molar refractivity (Wildman–Crippen MR) is 81.3 cm³/mol. The summed E-state index contributed by atoms with van der Waals surface area (Å²) in [6.07, 6.45) is 3.75. The average molecular weight is 301 g/mol. The van der Waals surface area contributed by atoms with Crippen molar-refractivity contribution >= 4 is 16.9 Å². The number of fused-ring (bicyclic) bond motifs is 1. The molecule has 0 saturated carbocycles. The number of hydrogen-bond donors (Lipinski definition) is 1. The second-order valence-electron chi connectivity index (χ2n) is 5.26. The van der Waals surface area contributed by atoms with Gasteiger partial charge in [-0.15, -0.1) is 0 Å². The second kappa shape index (κ2) is 6.68. The summed E-state index contributed by atoms with van der Waals surface area (Å²) in [5.41, 5.74) is 0.776. The molecule has 2 aromatic heterocycles. The Balaban J connectivity index is 1.80. The molecule has 1 N–H and O–H groups in total. The molecule has 8 heteroatoms. The molecule has 1 fully saturated rings. The first-order valence-electron chi connectivity index (χ1n) is 7.45. The molecule has 116 valence electrons. The quantitative estimate of drug-likeness (QED) is 0.821. The van der Waals surface area contributed by atoms with Crippen molar-refractivity contribution in [1.82, 2.24) is 24.6 Å². The standard InChI is InChI=1S/C14H19N7O/c15-2-1-3-21-14-12(10-18-21)13(16-11-17-14)20-6-4-19(5-7-20)8-9-22/h10-11,22H,1,3-9H2. The molecule has 3 heterocycles. The number of aliphatic hydroxyl groups is 1. The van der Waals surface area contributed by atoms with Gasteiger partial charge in [0.1, 0.15) is 12.1 Å². The van der Waals surface area contributed by atoms with Crippen LogP contribution in [-0.2, 0) is 6.54 Å². The van der Waals surface area contributed by atoms with E-state index in [1.54, 1.807) is 17.2 Å². The van der Waals surface area contributed by atoms with E-state index in [-0.39, 0.29) is 6.61 Å². The molecule has 1 aliphatic rings.